The molecule has 0 amide bonds. The van der Waals surface area contributed by atoms with Crippen molar-refractivity contribution in [1.82, 2.24) is 0 Å². The third kappa shape index (κ3) is 3.57. The first kappa shape index (κ1) is 24.9. The molecule has 0 nitrogen and oxygen atoms in total. The standard InChI is InChI=1S/C14H9F13Se/c1-6-4-3-5-7(2)8(6)28-14(26,27)12(21,22)10(17,18)9(15,16)11(19,20)13(23,24)25/h3-5H,1-2H3. The van der Waals surface area contributed by atoms with Crippen LogP contribution in [0.2, 0.25) is 0 Å². The van der Waals surface area contributed by atoms with Crippen LogP contribution in [0.1, 0.15) is 11.1 Å². The van der Waals surface area contributed by atoms with Crippen LogP contribution >= 0.6 is 0 Å². The second kappa shape index (κ2) is 6.96. The van der Waals surface area contributed by atoms with Gasteiger partial charge in [-0.25, -0.2) is 0 Å². The van der Waals surface area contributed by atoms with Gasteiger partial charge in [0.1, 0.15) is 0 Å². The number of alkyl halides is 13. The molecular weight excluding hydrogens is 494 g/mol. The molecule has 0 unspecified atom stereocenters. The van der Waals surface area contributed by atoms with Gasteiger partial charge in [-0.2, -0.15) is 0 Å². The Morgan fingerprint density at radius 2 is 0.929 bits per heavy atom. The summed E-state index contributed by atoms with van der Waals surface area (Å²) in [6.45, 7) is 2.20. The second-order valence-corrected chi connectivity index (χ2v) is 8.00. The van der Waals surface area contributed by atoms with Crippen LogP contribution in [-0.2, 0) is 0 Å². The number of rotatable bonds is 6. The molecule has 0 saturated heterocycles. The average Bonchev–Trinajstić information content (AvgIpc) is 2.49. The molecule has 0 bridgehead atoms. The molecule has 0 fully saturated rings. The van der Waals surface area contributed by atoms with E-state index in [0.717, 1.165) is 26.0 Å². The number of hydrogen-bond donors (Lipinski definition) is 0. The van der Waals surface area contributed by atoms with Crippen LogP contribution in [0.15, 0.2) is 18.2 Å². The molecule has 162 valence electrons. The predicted molar refractivity (Wildman–Crippen MR) is 72.1 cm³/mol. The van der Waals surface area contributed by atoms with Crippen molar-refractivity contribution in [1.29, 1.82) is 0 Å². The summed E-state index contributed by atoms with van der Waals surface area (Å²) < 4.78 is 169. The first-order chi connectivity index (χ1) is 12.1. The van der Waals surface area contributed by atoms with Crippen molar-refractivity contribution in [2.75, 3.05) is 0 Å². The van der Waals surface area contributed by atoms with Gasteiger partial charge in [0.15, 0.2) is 0 Å². The first-order valence-corrected chi connectivity index (χ1v) is 8.57. The van der Waals surface area contributed by atoms with Gasteiger partial charge in [-0.3, -0.25) is 0 Å². The molecule has 1 rings (SSSR count). The Hall–Kier alpha value is -1.17. The predicted octanol–water partition coefficient (Wildman–Crippen LogP) is 5.33. The van der Waals surface area contributed by atoms with E-state index in [0.29, 0.717) is 0 Å². The number of halogens is 13. The van der Waals surface area contributed by atoms with Gasteiger partial charge < -0.3 is 0 Å². The summed E-state index contributed by atoms with van der Waals surface area (Å²) in [4.78, 5) is -6.04. The van der Waals surface area contributed by atoms with Crippen LogP contribution in [0, 0.1) is 13.8 Å². The van der Waals surface area contributed by atoms with Crippen LogP contribution in [0.5, 0.6) is 0 Å². The van der Waals surface area contributed by atoms with Gasteiger partial charge in [0.25, 0.3) is 0 Å². The fourth-order valence-electron chi connectivity index (χ4n) is 1.91. The Morgan fingerprint density at radius 3 is 1.29 bits per heavy atom. The summed E-state index contributed by atoms with van der Waals surface area (Å²) in [7, 11) is 0. The minimum atomic E-state index is -7.86. The summed E-state index contributed by atoms with van der Waals surface area (Å²) in [5.41, 5.74) is -0.239. The molecule has 0 aliphatic heterocycles. The van der Waals surface area contributed by atoms with Crippen LogP contribution in [0.4, 0.5) is 57.1 Å². The molecule has 0 aliphatic carbocycles. The van der Waals surface area contributed by atoms with Gasteiger partial charge in [0, 0.05) is 0 Å². The molecule has 28 heavy (non-hydrogen) atoms. The zero-order valence-corrected chi connectivity index (χ0v) is 15.3. The van der Waals surface area contributed by atoms with E-state index in [1.165, 1.54) is 6.07 Å². The van der Waals surface area contributed by atoms with Crippen LogP contribution in [-0.4, -0.2) is 49.6 Å². The molecule has 0 aliphatic rings. The Balaban J connectivity index is 3.49. The van der Waals surface area contributed by atoms with Crippen molar-refractivity contribution < 1.29 is 57.1 Å². The number of benzene rings is 1. The molecule has 0 atom stereocenters. The van der Waals surface area contributed by atoms with E-state index in [9.17, 15) is 57.1 Å². The maximum absolute atomic E-state index is 13.9. The van der Waals surface area contributed by atoms with Gasteiger partial charge in [-0.05, 0) is 0 Å². The third-order valence-electron chi connectivity index (χ3n) is 3.54. The zero-order chi connectivity index (χ0) is 22.6. The summed E-state index contributed by atoms with van der Waals surface area (Å²) in [6, 6.07) is 3.47. The zero-order valence-electron chi connectivity index (χ0n) is 13.6. The maximum atomic E-state index is 13.9. The van der Waals surface area contributed by atoms with Gasteiger partial charge in [0.2, 0.25) is 0 Å². The molecule has 14 heteroatoms. The van der Waals surface area contributed by atoms with Crippen molar-refractivity contribution >= 4 is 19.4 Å². The molecule has 1 aromatic rings. The Morgan fingerprint density at radius 1 is 0.571 bits per heavy atom. The quantitative estimate of drug-likeness (QED) is 0.364. The van der Waals surface area contributed by atoms with E-state index in [4.69, 9.17) is 0 Å². The van der Waals surface area contributed by atoms with E-state index >= 15 is 0 Å². The topological polar surface area (TPSA) is 0 Å². The molecule has 0 saturated carbocycles. The van der Waals surface area contributed by atoms with Crippen LogP contribution in [0.3, 0.4) is 0 Å². The first-order valence-electron chi connectivity index (χ1n) is 6.86. The van der Waals surface area contributed by atoms with Crippen LogP contribution in [0.25, 0.3) is 0 Å². The normalized spacial score (nSPS) is 15.1. The fraction of sp³-hybridized carbons (Fsp3) is 0.571. The SMILES string of the molecule is Cc1cccc(C)c1[Se]C(F)(F)C(F)(F)C(F)(F)C(F)(F)C(F)(F)C(F)(F)F. The Labute approximate surface area is 155 Å². The Kier molecular flexibility index (Phi) is 6.18. The second-order valence-electron chi connectivity index (χ2n) is 5.64. The average molecular weight is 503 g/mol. The third-order valence-corrected chi connectivity index (χ3v) is 6.40. The van der Waals surface area contributed by atoms with Crippen molar-refractivity contribution in [3.05, 3.63) is 29.3 Å². The van der Waals surface area contributed by atoms with E-state index in [1.807, 2.05) is 0 Å². The fourth-order valence-corrected chi connectivity index (χ4v) is 3.94. The molecule has 0 N–H and O–H groups in total. The number of aryl methyl sites for hydroxylation is 2. The van der Waals surface area contributed by atoms with Crippen molar-refractivity contribution in [2.24, 2.45) is 0 Å². The monoisotopic (exact) mass is 504 g/mol. The molecule has 0 spiro atoms. The minimum absolute atomic E-state index is 0.119. The summed E-state index contributed by atoms with van der Waals surface area (Å²) in [5.74, 6) is -30.5. The van der Waals surface area contributed by atoms with E-state index in [2.05, 4.69) is 0 Å². The van der Waals surface area contributed by atoms with Gasteiger partial charge >= 0.3 is 154 Å². The summed E-state index contributed by atoms with van der Waals surface area (Å²) in [6.07, 6.45) is -7.40. The van der Waals surface area contributed by atoms with Crippen LogP contribution < -0.4 is 4.46 Å². The molecule has 0 aromatic heterocycles. The summed E-state index contributed by atoms with van der Waals surface area (Å²) in [5, 5.41) is 0. The van der Waals surface area contributed by atoms with Gasteiger partial charge in [0.05, 0.1) is 0 Å². The molecule has 0 radical (unpaired) electrons. The van der Waals surface area contributed by atoms with Crippen molar-refractivity contribution in [2.45, 2.75) is 48.5 Å². The van der Waals surface area contributed by atoms with E-state index < -0.39 is 54.1 Å². The summed E-state index contributed by atoms with van der Waals surface area (Å²) >= 11 is -3.01. The molecule has 0 heterocycles. The van der Waals surface area contributed by atoms with Gasteiger partial charge in [-0.15, -0.1) is 0 Å². The van der Waals surface area contributed by atoms with Crippen molar-refractivity contribution in [3.8, 4) is 0 Å². The Bertz CT molecular complexity index is 700. The number of hydrogen-bond acceptors (Lipinski definition) is 0. The molecule has 1 aromatic carbocycles. The van der Waals surface area contributed by atoms with Crippen molar-refractivity contribution in [3.63, 3.8) is 0 Å². The van der Waals surface area contributed by atoms with E-state index in [1.54, 1.807) is 0 Å². The van der Waals surface area contributed by atoms with E-state index in [-0.39, 0.29) is 11.1 Å². The van der Waals surface area contributed by atoms with Gasteiger partial charge in [-0.1, -0.05) is 0 Å². The molecular formula is C14H9F13Se.